The second-order valence-electron chi connectivity index (χ2n) is 6.69. The minimum absolute atomic E-state index is 0.210. The maximum absolute atomic E-state index is 12.2. The molecule has 0 N–H and O–H groups in total. The lowest BCUT2D eigenvalue weighted by Gasteiger charge is -2.21. The van der Waals surface area contributed by atoms with E-state index >= 15 is 0 Å². The molecule has 120 valence electrons. The molecule has 0 aliphatic heterocycles. The van der Waals surface area contributed by atoms with Crippen molar-refractivity contribution in [3.05, 3.63) is 11.1 Å². The zero-order valence-electron chi connectivity index (χ0n) is 14.6. The van der Waals surface area contributed by atoms with Crippen LogP contribution in [0, 0.1) is 29.1 Å². The van der Waals surface area contributed by atoms with Gasteiger partial charge in [-0.3, -0.25) is 4.79 Å². The molecule has 1 rings (SSSR count). The molecule has 0 fully saturated rings. The topological polar surface area (TPSA) is 26.3 Å². The number of carbonyl (C=O) groups excluding carboxylic acids is 1. The Kier molecular flexibility index (Phi) is 7.26. The highest BCUT2D eigenvalue weighted by Gasteiger charge is 2.29. The summed E-state index contributed by atoms with van der Waals surface area (Å²) in [5.74, 6) is 12.2. The summed E-state index contributed by atoms with van der Waals surface area (Å²) in [6.07, 6.45) is 5.76. The van der Waals surface area contributed by atoms with Gasteiger partial charge in [-0.2, -0.15) is 0 Å². The first-order valence-corrected chi connectivity index (χ1v) is 8.24. The van der Waals surface area contributed by atoms with Gasteiger partial charge in [0.1, 0.15) is 0 Å². The van der Waals surface area contributed by atoms with E-state index in [2.05, 4.69) is 30.6 Å². The fraction of sp³-hybridized carbons (Fsp3) is 0.650. The van der Waals surface area contributed by atoms with Gasteiger partial charge in [-0.05, 0) is 59.0 Å². The number of rotatable bonds is 4. The fourth-order valence-corrected chi connectivity index (χ4v) is 2.24. The van der Waals surface area contributed by atoms with Gasteiger partial charge in [-0.25, -0.2) is 0 Å². The molecular formula is C20H28O2. The van der Waals surface area contributed by atoms with E-state index < -0.39 is 11.5 Å². The zero-order valence-corrected chi connectivity index (χ0v) is 14.6. The molecule has 2 nitrogen and oxygen atoms in total. The Balaban J connectivity index is 2.94. The number of allylic oxidation sites excluding steroid dienone is 1. The Morgan fingerprint density at radius 1 is 1.32 bits per heavy atom. The van der Waals surface area contributed by atoms with Crippen LogP contribution in [0.15, 0.2) is 11.1 Å². The number of hydrogen-bond acceptors (Lipinski definition) is 2. The van der Waals surface area contributed by atoms with Gasteiger partial charge in [0.05, 0.1) is 5.41 Å². The van der Waals surface area contributed by atoms with E-state index in [-0.39, 0.29) is 5.97 Å². The lowest BCUT2D eigenvalue weighted by atomic mass is 9.97. The molecule has 2 heteroatoms. The number of esters is 1. The van der Waals surface area contributed by atoms with E-state index in [9.17, 15) is 4.79 Å². The van der Waals surface area contributed by atoms with Crippen molar-refractivity contribution in [2.45, 2.75) is 79.2 Å². The van der Waals surface area contributed by atoms with Crippen LogP contribution in [0.2, 0.25) is 0 Å². The van der Waals surface area contributed by atoms with E-state index in [1.54, 1.807) is 6.92 Å². The Morgan fingerprint density at radius 2 is 2.05 bits per heavy atom. The SMILES string of the molecule is CC#CC(OC(=O)C(C)(C)C)C1=C(C#CCCCC)CCC1. The third-order valence-corrected chi connectivity index (χ3v) is 3.58. The van der Waals surface area contributed by atoms with Gasteiger partial charge in [0.25, 0.3) is 0 Å². The molecule has 0 radical (unpaired) electrons. The van der Waals surface area contributed by atoms with Gasteiger partial charge in [0, 0.05) is 12.0 Å². The molecule has 0 aromatic rings. The lowest BCUT2D eigenvalue weighted by molar-refractivity contribution is -0.154. The summed E-state index contributed by atoms with van der Waals surface area (Å²) in [7, 11) is 0. The molecule has 0 spiro atoms. The van der Waals surface area contributed by atoms with Crippen LogP contribution in [0.25, 0.3) is 0 Å². The number of hydrogen-bond donors (Lipinski definition) is 0. The second-order valence-corrected chi connectivity index (χ2v) is 6.69. The summed E-state index contributed by atoms with van der Waals surface area (Å²) in [4.78, 5) is 12.2. The summed E-state index contributed by atoms with van der Waals surface area (Å²) < 4.78 is 5.66. The van der Waals surface area contributed by atoms with E-state index in [1.165, 1.54) is 0 Å². The highest BCUT2D eigenvalue weighted by Crippen LogP contribution is 2.30. The van der Waals surface area contributed by atoms with Crippen LogP contribution in [0.5, 0.6) is 0 Å². The minimum Gasteiger partial charge on any atom is -0.444 e. The number of unbranched alkanes of at least 4 members (excludes halogenated alkanes) is 2. The van der Waals surface area contributed by atoms with Crippen LogP contribution in [0.3, 0.4) is 0 Å². The van der Waals surface area contributed by atoms with Crippen LogP contribution in [0.1, 0.15) is 73.1 Å². The van der Waals surface area contributed by atoms with Crippen LogP contribution < -0.4 is 0 Å². The van der Waals surface area contributed by atoms with Crippen LogP contribution >= 0.6 is 0 Å². The molecular weight excluding hydrogens is 272 g/mol. The van der Waals surface area contributed by atoms with Crippen molar-refractivity contribution in [1.82, 2.24) is 0 Å². The van der Waals surface area contributed by atoms with Crippen molar-refractivity contribution < 1.29 is 9.53 Å². The molecule has 0 saturated carbocycles. The summed E-state index contributed by atoms with van der Waals surface area (Å²) in [5, 5.41) is 0. The molecule has 0 aromatic carbocycles. The van der Waals surface area contributed by atoms with Crippen LogP contribution in [-0.2, 0) is 9.53 Å². The largest absolute Gasteiger partial charge is 0.444 e. The molecule has 0 bridgehead atoms. The Hall–Kier alpha value is -1.67. The van der Waals surface area contributed by atoms with Crippen molar-refractivity contribution >= 4 is 5.97 Å². The van der Waals surface area contributed by atoms with Crippen molar-refractivity contribution in [3.63, 3.8) is 0 Å². The van der Waals surface area contributed by atoms with Gasteiger partial charge in [0.2, 0.25) is 0 Å². The van der Waals surface area contributed by atoms with Crippen molar-refractivity contribution in [1.29, 1.82) is 0 Å². The molecule has 22 heavy (non-hydrogen) atoms. The van der Waals surface area contributed by atoms with E-state index in [0.29, 0.717) is 0 Å². The molecule has 1 atom stereocenters. The van der Waals surface area contributed by atoms with Crippen molar-refractivity contribution in [3.8, 4) is 23.7 Å². The first kappa shape index (κ1) is 18.4. The number of carbonyl (C=O) groups is 1. The molecule has 0 amide bonds. The number of ether oxygens (including phenoxy) is 1. The third kappa shape index (κ3) is 5.61. The predicted octanol–water partition coefficient (Wildman–Crippen LogP) is 4.64. The molecule has 0 aromatic heterocycles. The molecule has 1 unspecified atom stereocenters. The first-order valence-electron chi connectivity index (χ1n) is 8.24. The molecule has 0 saturated heterocycles. The molecule has 1 aliphatic rings. The summed E-state index contributed by atoms with van der Waals surface area (Å²) in [6, 6.07) is 0. The Bertz CT molecular complexity index is 538. The molecule has 1 aliphatic carbocycles. The molecule has 0 heterocycles. The zero-order chi connectivity index (χ0) is 16.6. The third-order valence-electron chi connectivity index (χ3n) is 3.58. The normalized spacial score (nSPS) is 15.5. The Labute approximate surface area is 135 Å². The monoisotopic (exact) mass is 300 g/mol. The van der Waals surface area contributed by atoms with Crippen LogP contribution in [0.4, 0.5) is 0 Å². The van der Waals surface area contributed by atoms with E-state index in [1.807, 2.05) is 20.8 Å². The van der Waals surface area contributed by atoms with E-state index in [4.69, 9.17) is 4.74 Å². The first-order chi connectivity index (χ1) is 10.4. The smallest absolute Gasteiger partial charge is 0.312 e. The highest BCUT2D eigenvalue weighted by molar-refractivity contribution is 5.76. The van der Waals surface area contributed by atoms with E-state index in [0.717, 1.165) is 49.7 Å². The average Bonchev–Trinajstić information content (AvgIpc) is 2.90. The average molecular weight is 300 g/mol. The van der Waals surface area contributed by atoms with Crippen molar-refractivity contribution in [2.75, 3.05) is 0 Å². The summed E-state index contributed by atoms with van der Waals surface area (Å²) >= 11 is 0. The summed E-state index contributed by atoms with van der Waals surface area (Å²) in [5.41, 5.74) is 1.72. The van der Waals surface area contributed by atoms with Gasteiger partial charge < -0.3 is 4.74 Å². The van der Waals surface area contributed by atoms with Gasteiger partial charge in [-0.1, -0.05) is 31.1 Å². The predicted molar refractivity (Wildman–Crippen MR) is 91.0 cm³/mol. The standard InChI is InChI=1S/C20H28O2/c1-6-8-9-10-13-16-14-11-15-17(16)18(12-7-2)22-19(21)20(3,4)5/h18H,6,8-9,11,14-15H2,1-5H3. The second kappa shape index (κ2) is 8.70. The summed E-state index contributed by atoms with van der Waals surface area (Å²) in [6.45, 7) is 9.53. The maximum atomic E-state index is 12.2. The van der Waals surface area contributed by atoms with Gasteiger partial charge >= 0.3 is 5.97 Å². The minimum atomic E-state index is -0.514. The quantitative estimate of drug-likeness (QED) is 0.429. The highest BCUT2D eigenvalue weighted by atomic mass is 16.5. The fourth-order valence-electron chi connectivity index (χ4n) is 2.24. The lowest BCUT2D eigenvalue weighted by Crippen LogP contribution is -2.28. The Morgan fingerprint density at radius 3 is 2.64 bits per heavy atom. The van der Waals surface area contributed by atoms with Crippen molar-refractivity contribution in [2.24, 2.45) is 5.41 Å². The van der Waals surface area contributed by atoms with Gasteiger partial charge in [-0.15, -0.1) is 5.92 Å². The van der Waals surface area contributed by atoms with Gasteiger partial charge in [0.15, 0.2) is 6.10 Å². The maximum Gasteiger partial charge on any atom is 0.312 e. The van der Waals surface area contributed by atoms with Crippen LogP contribution in [-0.4, -0.2) is 12.1 Å².